The largest absolute Gasteiger partial charge is 0.492 e. The summed E-state index contributed by atoms with van der Waals surface area (Å²) in [4.78, 5) is 25.8. The average molecular weight is 378 g/mol. The predicted molar refractivity (Wildman–Crippen MR) is 103 cm³/mol. The molecule has 1 saturated heterocycles. The standard InChI is InChI=1S/C20H22N6O2/c1-14-10-18(26-20(23-14)21-13-22-26)24-6-8-25(9-7-24)19(27)16-11-15-4-2-3-5-17(15)28-12-16/h2-5,10,13,16H,6-9,11-12H2,1H3/t16-/m1/s1. The first-order chi connectivity index (χ1) is 13.7. The zero-order valence-corrected chi connectivity index (χ0v) is 15.8. The van der Waals surface area contributed by atoms with Gasteiger partial charge in [-0.2, -0.15) is 14.6 Å². The fourth-order valence-corrected chi connectivity index (χ4v) is 4.04. The molecule has 1 fully saturated rings. The smallest absolute Gasteiger partial charge is 0.254 e. The van der Waals surface area contributed by atoms with Crippen molar-refractivity contribution in [2.24, 2.45) is 5.92 Å². The van der Waals surface area contributed by atoms with Crippen LogP contribution in [-0.2, 0) is 11.2 Å². The minimum Gasteiger partial charge on any atom is -0.492 e. The molecule has 0 radical (unpaired) electrons. The number of hydrogen-bond donors (Lipinski definition) is 0. The molecule has 1 atom stereocenters. The van der Waals surface area contributed by atoms with E-state index in [1.165, 1.54) is 6.33 Å². The second-order valence-electron chi connectivity index (χ2n) is 7.36. The van der Waals surface area contributed by atoms with Crippen LogP contribution >= 0.6 is 0 Å². The maximum absolute atomic E-state index is 13.0. The lowest BCUT2D eigenvalue weighted by Crippen LogP contribution is -2.52. The van der Waals surface area contributed by atoms with E-state index < -0.39 is 0 Å². The van der Waals surface area contributed by atoms with Gasteiger partial charge in [0.25, 0.3) is 5.78 Å². The van der Waals surface area contributed by atoms with Crippen molar-refractivity contribution in [2.45, 2.75) is 13.3 Å². The number of amides is 1. The summed E-state index contributed by atoms with van der Waals surface area (Å²) in [7, 11) is 0. The van der Waals surface area contributed by atoms with E-state index >= 15 is 0 Å². The number of benzene rings is 1. The molecule has 1 aromatic carbocycles. The average Bonchev–Trinajstić information content (AvgIpc) is 3.21. The van der Waals surface area contributed by atoms with Gasteiger partial charge in [-0.05, 0) is 25.0 Å². The van der Waals surface area contributed by atoms with Crippen LogP contribution in [0.15, 0.2) is 36.7 Å². The maximum atomic E-state index is 13.0. The third-order valence-corrected chi connectivity index (χ3v) is 5.50. The van der Waals surface area contributed by atoms with Crippen LogP contribution in [-0.4, -0.2) is 63.2 Å². The molecular formula is C20H22N6O2. The van der Waals surface area contributed by atoms with E-state index in [4.69, 9.17) is 4.74 Å². The van der Waals surface area contributed by atoms with E-state index in [9.17, 15) is 4.79 Å². The molecule has 0 unspecified atom stereocenters. The number of anilines is 1. The molecule has 0 aliphatic carbocycles. The predicted octanol–water partition coefficient (Wildman–Crippen LogP) is 1.33. The summed E-state index contributed by atoms with van der Waals surface area (Å²) in [6.07, 6.45) is 2.27. The molecular weight excluding hydrogens is 356 g/mol. The first kappa shape index (κ1) is 17.0. The molecule has 2 aliphatic rings. The summed E-state index contributed by atoms with van der Waals surface area (Å²) in [6, 6.07) is 9.99. The number of ether oxygens (including phenoxy) is 1. The lowest BCUT2D eigenvalue weighted by molar-refractivity contribution is -0.137. The van der Waals surface area contributed by atoms with Gasteiger partial charge in [0.1, 0.15) is 24.5 Å². The molecule has 2 aromatic heterocycles. The Balaban J connectivity index is 1.27. The Bertz CT molecular complexity index is 1020. The lowest BCUT2D eigenvalue weighted by atomic mass is 9.95. The van der Waals surface area contributed by atoms with Crippen LogP contribution in [0.1, 0.15) is 11.3 Å². The number of piperazine rings is 1. The van der Waals surface area contributed by atoms with Crippen LogP contribution in [0.3, 0.4) is 0 Å². The van der Waals surface area contributed by atoms with Crippen LogP contribution in [0.5, 0.6) is 5.75 Å². The number of carbonyl (C=O) groups excluding carboxylic acids is 1. The Morgan fingerprint density at radius 1 is 1.18 bits per heavy atom. The number of para-hydroxylation sites is 1. The van der Waals surface area contributed by atoms with E-state index in [0.29, 0.717) is 25.5 Å². The Kier molecular flexibility index (Phi) is 4.11. The van der Waals surface area contributed by atoms with E-state index in [-0.39, 0.29) is 11.8 Å². The van der Waals surface area contributed by atoms with Gasteiger partial charge in [-0.1, -0.05) is 18.2 Å². The summed E-state index contributed by atoms with van der Waals surface area (Å²) in [6.45, 7) is 5.31. The van der Waals surface area contributed by atoms with Crippen LogP contribution < -0.4 is 9.64 Å². The molecule has 1 amide bonds. The van der Waals surface area contributed by atoms with Crippen molar-refractivity contribution in [3.63, 3.8) is 0 Å². The Morgan fingerprint density at radius 3 is 2.86 bits per heavy atom. The van der Waals surface area contributed by atoms with Crippen molar-refractivity contribution in [1.29, 1.82) is 0 Å². The van der Waals surface area contributed by atoms with Crippen molar-refractivity contribution in [1.82, 2.24) is 24.5 Å². The van der Waals surface area contributed by atoms with Gasteiger partial charge in [0.05, 0.1) is 5.92 Å². The molecule has 4 heterocycles. The van der Waals surface area contributed by atoms with Crippen molar-refractivity contribution >= 4 is 17.5 Å². The SMILES string of the molecule is Cc1cc(N2CCN(C(=O)[C@H]3COc4ccccc4C3)CC2)n2ncnc2n1. The van der Waals surface area contributed by atoms with Gasteiger partial charge in [0.15, 0.2) is 0 Å². The van der Waals surface area contributed by atoms with Gasteiger partial charge < -0.3 is 14.5 Å². The first-order valence-corrected chi connectivity index (χ1v) is 9.61. The fourth-order valence-electron chi connectivity index (χ4n) is 4.04. The number of fused-ring (bicyclic) bond motifs is 2. The Hall–Kier alpha value is -3.16. The summed E-state index contributed by atoms with van der Waals surface area (Å²) >= 11 is 0. The summed E-state index contributed by atoms with van der Waals surface area (Å²) < 4.78 is 7.57. The molecule has 28 heavy (non-hydrogen) atoms. The number of carbonyl (C=O) groups is 1. The van der Waals surface area contributed by atoms with Crippen LogP contribution in [0.2, 0.25) is 0 Å². The molecule has 2 aliphatic heterocycles. The highest BCUT2D eigenvalue weighted by Gasteiger charge is 2.31. The highest BCUT2D eigenvalue weighted by atomic mass is 16.5. The topological polar surface area (TPSA) is 75.9 Å². The van der Waals surface area contributed by atoms with Gasteiger partial charge >= 0.3 is 0 Å². The Morgan fingerprint density at radius 2 is 2.00 bits per heavy atom. The molecule has 8 heteroatoms. The first-order valence-electron chi connectivity index (χ1n) is 9.61. The normalized spacial score (nSPS) is 19.4. The van der Waals surface area contributed by atoms with E-state index in [2.05, 4.69) is 20.0 Å². The minimum atomic E-state index is -0.105. The summed E-state index contributed by atoms with van der Waals surface area (Å²) in [5, 5.41) is 4.29. The second-order valence-corrected chi connectivity index (χ2v) is 7.36. The number of aromatic nitrogens is 4. The molecule has 0 spiro atoms. The molecule has 5 rings (SSSR count). The summed E-state index contributed by atoms with van der Waals surface area (Å²) in [5.74, 6) is 2.56. The van der Waals surface area contributed by atoms with Gasteiger partial charge in [-0.15, -0.1) is 0 Å². The van der Waals surface area contributed by atoms with Crippen molar-refractivity contribution in [3.05, 3.63) is 47.9 Å². The molecule has 0 saturated carbocycles. The number of nitrogens with zero attached hydrogens (tertiary/aromatic N) is 6. The molecule has 0 bridgehead atoms. The quantitative estimate of drug-likeness (QED) is 0.670. The molecule has 144 valence electrons. The fraction of sp³-hybridized carbons (Fsp3) is 0.400. The zero-order valence-electron chi connectivity index (χ0n) is 15.8. The van der Waals surface area contributed by atoms with Gasteiger partial charge in [-0.3, -0.25) is 4.79 Å². The van der Waals surface area contributed by atoms with Gasteiger partial charge in [-0.25, -0.2) is 4.98 Å². The maximum Gasteiger partial charge on any atom is 0.254 e. The van der Waals surface area contributed by atoms with Crippen molar-refractivity contribution < 1.29 is 9.53 Å². The monoisotopic (exact) mass is 378 g/mol. The summed E-state index contributed by atoms with van der Waals surface area (Å²) in [5.41, 5.74) is 2.03. The third-order valence-electron chi connectivity index (χ3n) is 5.50. The van der Waals surface area contributed by atoms with Crippen molar-refractivity contribution in [3.8, 4) is 5.75 Å². The molecule has 0 N–H and O–H groups in total. The zero-order chi connectivity index (χ0) is 19.1. The minimum absolute atomic E-state index is 0.105. The second kappa shape index (κ2) is 6.78. The van der Waals surface area contributed by atoms with E-state index in [1.807, 2.05) is 42.2 Å². The third kappa shape index (κ3) is 2.94. The van der Waals surface area contributed by atoms with E-state index in [1.54, 1.807) is 4.52 Å². The van der Waals surface area contributed by atoms with Crippen molar-refractivity contribution in [2.75, 3.05) is 37.7 Å². The van der Waals surface area contributed by atoms with Gasteiger partial charge in [0.2, 0.25) is 5.91 Å². The lowest BCUT2D eigenvalue weighted by Gasteiger charge is -2.38. The molecule has 3 aromatic rings. The van der Waals surface area contributed by atoms with Crippen LogP contribution in [0, 0.1) is 12.8 Å². The Labute approximate surface area is 162 Å². The number of rotatable bonds is 2. The molecule has 8 nitrogen and oxygen atoms in total. The van der Waals surface area contributed by atoms with Crippen LogP contribution in [0.4, 0.5) is 5.82 Å². The highest BCUT2D eigenvalue weighted by molar-refractivity contribution is 5.80. The number of hydrogen-bond acceptors (Lipinski definition) is 6. The highest BCUT2D eigenvalue weighted by Crippen LogP contribution is 2.28. The number of aryl methyl sites for hydroxylation is 1. The van der Waals surface area contributed by atoms with E-state index in [0.717, 1.165) is 42.3 Å². The van der Waals surface area contributed by atoms with Crippen LogP contribution in [0.25, 0.3) is 5.78 Å². The van der Waals surface area contributed by atoms with Gasteiger partial charge in [0, 0.05) is 37.9 Å².